The maximum atomic E-state index is 13.0. The van der Waals surface area contributed by atoms with Crippen LogP contribution in [0, 0.1) is 0 Å². The van der Waals surface area contributed by atoms with Crippen LogP contribution in [0.5, 0.6) is 0 Å². The maximum Gasteiger partial charge on any atom is 0.243 e. The summed E-state index contributed by atoms with van der Waals surface area (Å²) in [6.07, 6.45) is 0.359. The molecule has 1 aliphatic rings. The number of piperazine rings is 1. The molecule has 0 bridgehead atoms. The van der Waals surface area contributed by atoms with Gasteiger partial charge in [-0.25, -0.2) is 8.42 Å². The number of anilines is 2. The van der Waals surface area contributed by atoms with Crippen LogP contribution < -0.4 is 10.2 Å². The van der Waals surface area contributed by atoms with Gasteiger partial charge in [-0.05, 0) is 42.5 Å². The number of sulfonamides is 1. The minimum Gasteiger partial charge on any atom is -0.352 e. The summed E-state index contributed by atoms with van der Waals surface area (Å²) in [7, 11) is -3.62. The molecule has 1 amide bonds. The van der Waals surface area contributed by atoms with Crippen molar-refractivity contribution in [2.75, 3.05) is 36.4 Å². The van der Waals surface area contributed by atoms with Crippen molar-refractivity contribution in [1.29, 1.82) is 0 Å². The Balaban J connectivity index is 1.40. The second-order valence-corrected chi connectivity index (χ2v) is 9.92. The van der Waals surface area contributed by atoms with Gasteiger partial charge in [0.1, 0.15) is 0 Å². The number of halogens is 1. The first-order valence-electron chi connectivity index (χ1n) is 10.6. The SMILES string of the molecule is CCC(=O)Nc1ccc(S(=O)(=O)N2CCN(c3ccc(-c4ccccc4Cl)nn3)CC2)cc1. The molecule has 3 aromatic rings. The standard InChI is InChI=1S/C23H24ClN5O3S/c1-2-23(30)25-17-7-9-18(10-8-17)33(31,32)29-15-13-28(14-16-29)22-12-11-21(26-27-22)19-5-3-4-6-20(19)24/h3-12H,2,13-16H2,1H3,(H,25,30). The summed E-state index contributed by atoms with van der Waals surface area (Å²) < 4.78 is 27.5. The van der Waals surface area contributed by atoms with E-state index in [2.05, 4.69) is 15.5 Å². The average Bonchev–Trinajstić information content (AvgIpc) is 2.85. The number of hydrogen-bond donors (Lipinski definition) is 1. The quantitative estimate of drug-likeness (QED) is 0.572. The summed E-state index contributed by atoms with van der Waals surface area (Å²) in [4.78, 5) is 13.7. The van der Waals surface area contributed by atoms with Gasteiger partial charge in [-0.1, -0.05) is 36.7 Å². The molecule has 4 rings (SSSR count). The molecule has 0 spiro atoms. The van der Waals surface area contributed by atoms with Gasteiger partial charge in [-0.2, -0.15) is 4.31 Å². The van der Waals surface area contributed by atoms with Gasteiger partial charge in [0, 0.05) is 43.9 Å². The number of nitrogens with zero attached hydrogens (tertiary/aromatic N) is 4. The Bertz CT molecular complexity index is 1230. The molecule has 2 heterocycles. The molecule has 0 aliphatic carbocycles. The van der Waals surface area contributed by atoms with E-state index < -0.39 is 10.0 Å². The van der Waals surface area contributed by atoms with E-state index in [1.807, 2.05) is 35.2 Å². The van der Waals surface area contributed by atoms with Gasteiger partial charge in [-0.15, -0.1) is 10.2 Å². The molecule has 1 N–H and O–H groups in total. The first-order valence-corrected chi connectivity index (χ1v) is 12.4. The summed E-state index contributed by atoms with van der Waals surface area (Å²) in [5.41, 5.74) is 2.07. The normalized spacial score (nSPS) is 14.8. The fraction of sp³-hybridized carbons (Fsp3) is 0.261. The highest BCUT2D eigenvalue weighted by Crippen LogP contribution is 2.27. The number of carbonyl (C=O) groups excluding carboxylic acids is 1. The summed E-state index contributed by atoms with van der Waals surface area (Å²) in [5.74, 6) is 0.573. The minimum atomic E-state index is -3.62. The van der Waals surface area contributed by atoms with Crippen molar-refractivity contribution in [3.05, 3.63) is 65.7 Å². The maximum absolute atomic E-state index is 13.0. The van der Waals surface area contributed by atoms with Crippen molar-refractivity contribution in [2.45, 2.75) is 18.2 Å². The van der Waals surface area contributed by atoms with Gasteiger partial charge in [-0.3, -0.25) is 4.79 Å². The van der Waals surface area contributed by atoms with Crippen molar-refractivity contribution in [2.24, 2.45) is 0 Å². The van der Waals surface area contributed by atoms with E-state index in [-0.39, 0.29) is 10.8 Å². The van der Waals surface area contributed by atoms with Gasteiger partial charge in [0.25, 0.3) is 0 Å². The monoisotopic (exact) mass is 485 g/mol. The van der Waals surface area contributed by atoms with E-state index in [4.69, 9.17) is 11.6 Å². The van der Waals surface area contributed by atoms with Crippen molar-refractivity contribution in [3.63, 3.8) is 0 Å². The molecule has 2 aromatic carbocycles. The molecule has 1 fully saturated rings. The highest BCUT2D eigenvalue weighted by molar-refractivity contribution is 7.89. The van der Waals surface area contributed by atoms with Crippen LogP contribution in [0.2, 0.25) is 5.02 Å². The zero-order chi connectivity index (χ0) is 23.4. The largest absolute Gasteiger partial charge is 0.352 e. The number of rotatable bonds is 6. The second-order valence-electron chi connectivity index (χ2n) is 7.57. The molecule has 33 heavy (non-hydrogen) atoms. The van der Waals surface area contributed by atoms with Gasteiger partial charge in [0.2, 0.25) is 15.9 Å². The average molecular weight is 486 g/mol. The fourth-order valence-corrected chi connectivity index (χ4v) is 5.23. The Kier molecular flexibility index (Phi) is 6.92. The molecule has 10 heteroatoms. The van der Waals surface area contributed by atoms with Gasteiger partial charge in [0.15, 0.2) is 5.82 Å². The van der Waals surface area contributed by atoms with E-state index in [1.165, 1.54) is 16.4 Å². The third-order valence-electron chi connectivity index (χ3n) is 5.46. The first kappa shape index (κ1) is 23.2. The summed E-state index contributed by atoms with van der Waals surface area (Å²) in [6.45, 7) is 3.44. The third-order valence-corrected chi connectivity index (χ3v) is 7.70. The van der Waals surface area contributed by atoms with Gasteiger partial charge >= 0.3 is 0 Å². The van der Waals surface area contributed by atoms with Crippen molar-refractivity contribution < 1.29 is 13.2 Å². The number of amides is 1. The number of carbonyl (C=O) groups is 1. The Labute approximate surface area is 198 Å². The van der Waals surface area contributed by atoms with Crippen molar-refractivity contribution >= 4 is 39.0 Å². The molecular weight excluding hydrogens is 462 g/mol. The third kappa shape index (κ3) is 5.16. The molecule has 1 aliphatic heterocycles. The van der Waals surface area contributed by atoms with Crippen LogP contribution in [0.15, 0.2) is 65.6 Å². The molecule has 0 radical (unpaired) electrons. The van der Waals surface area contributed by atoms with Crippen LogP contribution in [0.3, 0.4) is 0 Å². The smallest absolute Gasteiger partial charge is 0.243 e. The zero-order valence-corrected chi connectivity index (χ0v) is 19.7. The lowest BCUT2D eigenvalue weighted by molar-refractivity contribution is -0.115. The molecular formula is C23H24ClN5O3S. The van der Waals surface area contributed by atoms with Crippen LogP contribution in [0.25, 0.3) is 11.3 Å². The van der Waals surface area contributed by atoms with Gasteiger partial charge < -0.3 is 10.2 Å². The lowest BCUT2D eigenvalue weighted by Gasteiger charge is -2.34. The van der Waals surface area contributed by atoms with E-state index in [0.717, 1.165) is 5.56 Å². The zero-order valence-electron chi connectivity index (χ0n) is 18.1. The fourth-order valence-electron chi connectivity index (χ4n) is 3.57. The molecule has 172 valence electrons. The highest BCUT2D eigenvalue weighted by atomic mass is 35.5. The van der Waals surface area contributed by atoms with Crippen LogP contribution >= 0.6 is 11.6 Å². The predicted octanol–water partition coefficient (Wildman–Crippen LogP) is 3.66. The Morgan fingerprint density at radius 1 is 0.970 bits per heavy atom. The molecule has 0 atom stereocenters. The molecule has 1 aromatic heterocycles. The number of hydrogen-bond acceptors (Lipinski definition) is 6. The first-order chi connectivity index (χ1) is 15.9. The van der Waals surface area contributed by atoms with Crippen molar-refractivity contribution in [1.82, 2.24) is 14.5 Å². The number of aromatic nitrogens is 2. The topological polar surface area (TPSA) is 95.5 Å². The van der Waals surface area contributed by atoms with E-state index in [0.29, 0.717) is 54.8 Å². The molecule has 0 saturated carbocycles. The predicted molar refractivity (Wildman–Crippen MR) is 129 cm³/mol. The Morgan fingerprint density at radius 2 is 1.67 bits per heavy atom. The lowest BCUT2D eigenvalue weighted by atomic mass is 10.1. The van der Waals surface area contributed by atoms with Crippen LogP contribution in [-0.4, -0.2) is 55.0 Å². The molecule has 1 saturated heterocycles. The number of nitrogens with one attached hydrogen (secondary N) is 1. The highest BCUT2D eigenvalue weighted by Gasteiger charge is 2.29. The number of benzene rings is 2. The Hall–Kier alpha value is -3.01. The lowest BCUT2D eigenvalue weighted by Crippen LogP contribution is -2.49. The van der Waals surface area contributed by atoms with E-state index in [1.54, 1.807) is 25.1 Å². The van der Waals surface area contributed by atoms with Crippen LogP contribution in [0.1, 0.15) is 13.3 Å². The summed E-state index contributed by atoms with van der Waals surface area (Å²) in [6, 6.07) is 17.4. The van der Waals surface area contributed by atoms with Gasteiger partial charge in [0.05, 0.1) is 15.6 Å². The second kappa shape index (κ2) is 9.86. The van der Waals surface area contributed by atoms with E-state index >= 15 is 0 Å². The summed E-state index contributed by atoms with van der Waals surface area (Å²) in [5, 5.41) is 11.9. The molecule has 8 nitrogen and oxygen atoms in total. The minimum absolute atomic E-state index is 0.121. The summed E-state index contributed by atoms with van der Waals surface area (Å²) >= 11 is 6.23. The van der Waals surface area contributed by atoms with Crippen molar-refractivity contribution in [3.8, 4) is 11.3 Å². The van der Waals surface area contributed by atoms with Crippen LogP contribution in [0.4, 0.5) is 11.5 Å². The van der Waals surface area contributed by atoms with Crippen LogP contribution in [-0.2, 0) is 14.8 Å². The van der Waals surface area contributed by atoms with E-state index in [9.17, 15) is 13.2 Å². The molecule has 0 unspecified atom stereocenters. The Morgan fingerprint density at radius 3 is 2.27 bits per heavy atom.